The third kappa shape index (κ3) is 4.16. The first-order valence-electron chi connectivity index (χ1n) is 6.90. The van der Waals surface area contributed by atoms with Gasteiger partial charge in [-0.2, -0.15) is 0 Å². The fourth-order valence-corrected chi connectivity index (χ4v) is 3.35. The minimum atomic E-state index is 0.679. The molecule has 0 amide bonds. The summed E-state index contributed by atoms with van der Waals surface area (Å²) in [5.41, 5.74) is 1.24. The number of rotatable bonds is 6. The molecule has 1 aromatic rings. The summed E-state index contributed by atoms with van der Waals surface area (Å²) in [6.07, 6.45) is 3.45. The maximum atomic E-state index is 5.35. The van der Waals surface area contributed by atoms with Crippen molar-refractivity contribution in [2.75, 3.05) is 20.2 Å². The lowest BCUT2D eigenvalue weighted by molar-refractivity contribution is 0.409. The van der Waals surface area contributed by atoms with Gasteiger partial charge in [0.15, 0.2) is 5.17 Å². The van der Waals surface area contributed by atoms with Crippen LogP contribution in [-0.4, -0.2) is 30.6 Å². The van der Waals surface area contributed by atoms with E-state index >= 15 is 0 Å². The molecule has 3 nitrogen and oxygen atoms in total. The number of nitrogens with one attached hydrogen (secondary N) is 1. The standard InChI is InChI=1S/C15H22N2OS/c1-3-6-13-11-17-15(19-13)16-10-9-12-7-4-5-8-14(12)18-2/h4-5,7-8,13H,3,6,9-11H2,1-2H3,(H,16,17). The Morgan fingerprint density at radius 1 is 1.42 bits per heavy atom. The highest BCUT2D eigenvalue weighted by atomic mass is 32.2. The van der Waals surface area contributed by atoms with Crippen LogP contribution in [0.15, 0.2) is 29.3 Å². The van der Waals surface area contributed by atoms with Gasteiger partial charge in [-0.15, -0.1) is 0 Å². The Labute approximate surface area is 119 Å². The molecule has 1 atom stereocenters. The lowest BCUT2D eigenvalue weighted by Crippen LogP contribution is -2.22. The predicted molar refractivity (Wildman–Crippen MR) is 83.3 cm³/mol. The van der Waals surface area contributed by atoms with Gasteiger partial charge in [-0.3, -0.25) is 4.99 Å². The van der Waals surface area contributed by atoms with E-state index in [2.05, 4.69) is 29.4 Å². The molecule has 2 rings (SSSR count). The quantitative estimate of drug-likeness (QED) is 0.868. The van der Waals surface area contributed by atoms with E-state index in [4.69, 9.17) is 4.74 Å². The van der Waals surface area contributed by atoms with Crippen LogP contribution in [0.3, 0.4) is 0 Å². The molecule has 0 aromatic heterocycles. The van der Waals surface area contributed by atoms with Crippen molar-refractivity contribution in [3.05, 3.63) is 29.8 Å². The molecular formula is C15H22N2OS. The van der Waals surface area contributed by atoms with Crippen LogP contribution >= 0.6 is 11.8 Å². The third-order valence-electron chi connectivity index (χ3n) is 3.19. The largest absolute Gasteiger partial charge is 0.496 e. The Bertz CT molecular complexity index is 434. The van der Waals surface area contributed by atoms with Gasteiger partial charge in [0.1, 0.15) is 5.75 Å². The van der Waals surface area contributed by atoms with Gasteiger partial charge in [0.25, 0.3) is 0 Å². The van der Waals surface area contributed by atoms with E-state index < -0.39 is 0 Å². The average molecular weight is 278 g/mol. The molecule has 0 saturated heterocycles. The summed E-state index contributed by atoms with van der Waals surface area (Å²) in [5, 5.41) is 5.21. The number of thioether (sulfide) groups is 1. The first-order chi connectivity index (χ1) is 9.33. The van der Waals surface area contributed by atoms with Crippen LogP contribution in [0.4, 0.5) is 0 Å². The van der Waals surface area contributed by atoms with E-state index in [0.717, 1.165) is 30.4 Å². The maximum Gasteiger partial charge on any atom is 0.156 e. The topological polar surface area (TPSA) is 33.6 Å². The molecule has 1 heterocycles. The van der Waals surface area contributed by atoms with Gasteiger partial charge in [0.05, 0.1) is 13.7 Å². The fourth-order valence-electron chi connectivity index (χ4n) is 2.20. The van der Waals surface area contributed by atoms with Gasteiger partial charge in [0, 0.05) is 11.8 Å². The molecule has 0 spiro atoms. The predicted octanol–water partition coefficient (Wildman–Crippen LogP) is 3.10. The van der Waals surface area contributed by atoms with Crippen molar-refractivity contribution in [1.82, 2.24) is 5.32 Å². The van der Waals surface area contributed by atoms with E-state index in [-0.39, 0.29) is 0 Å². The highest BCUT2D eigenvalue weighted by molar-refractivity contribution is 8.14. The summed E-state index contributed by atoms with van der Waals surface area (Å²) in [7, 11) is 1.72. The van der Waals surface area contributed by atoms with Gasteiger partial charge < -0.3 is 10.1 Å². The second-order valence-electron chi connectivity index (χ2n) is 4.66. The smallest absolute Gasteiger partial charge is 0.156 e. The molecule has 0 saturated carbocycles. The van der Waals surface area contributed by atoms with Crippen LogP contribution in [-0.2, 0) is 6.42 Å². The number of para-hydroxylation sites is 1. The summed E-state index contributed by atoms with van der Waals surface area (Å²) in [6, 6.07) is 8.18. The summed E-state index contributed by atoms with van der Waals surface area (Å²) < 4.78 is 5.35. The molecule has 0 bridgehead atoms. The Morgan fingerprint density at radius 3 is 3.05 bits per heavy atom. The SMILES string of the molecule is CCCC1CN=C(NCCc2ccccc2OC)S1. The van der Waals surface area contributed by atoms with Crippen LogP contribution in [0.5, 0.6) is 5.75 Å². The van der Waals surface area contributed by atoms with Crippen LogP contribution < -0.4 is 10.1 Å². The summed E-state index contributed by atoms with van der Waals surface area (Å²) in [5.74, 6) is 0.967. The van der Waals surface area contributed by atoms with Crippen molar-refractivity contribution in [3.63, 3.8) is 0 Å². The normalized spacial score (nSPS) is 18.2. The summed E-state index contributed by atoms with van der Waals surface area (Å²) in [4.78, 5) is 4.55. The molecular weight excluding hydrogens is 256 g/mol. The van der Waals surface area contributed by atoms with Crippen molar-refractivity contribution in [3.8, 4) is 5.75 Å². The fraction of sp³-hybridized carbons (Fsp3) is 0.533. The Morgan fingerprint density at radius 2 is 2.26 bits per heavy atom. The second-order valence-corrected chi connectivity index (χ2v) is 5.95. The van der Waals surface area contributed by atoms with Crippen LogP contribution in [0, 0.1) is 0 Å². The van der Waals surface area contributed by atoms with Gasteiger partial charge >= 0.3 is 0 Å². The molecule has 0 fully saturated rings. The Balaban J connectivity index is 1.75. The van der Waals surface area contributed by atoms with E-state index in [1.165, 1.54) is 18.4 Å². The minimum Gasteiger partial charge on any atom is -0.496 e. The van der Waals surface area contributed by atoms with Crippen molar-refractivity contribution in [1.29, 1.82) is 0 Å². The van der Waals surface area contributed by atoms with Gasteiger partial charge in [-0.05, 0) is 24.5 Å². The molecule has 19 heavy (non-hydrogen) atoms. The molecule has 0 radical (unpaired) electrons. The summed E-state index contributed by atoms with van der Waals surface area (Å²) >= 11 is 1.89. The minimum absolute atomic E-state index is 0.679. The number of nitrogens with zero attached hydrogens (tertiary/aromatic N) is 1. The van der Waals surface area contributed by atoms with E-state index in [0.29, 0.717) is 5.25 Å². The molecule has 1 aliphatic heterocycles. The van der Waals surface area contributed by atoms with Crippen LogP contribution in [0.25, 0.3) is 0 Å². The van der Waals surface area contributed by atoms with Crippen molar-refractivity contribution in [2.24, 2.45) is 4.99 Å². The van der Waals surface area contributed by atoms with Crippen LogP contribution in [0.2, 0.25) is 0 Å². The van der Waals surface area contributed by atoms with Crippen molar-refractivity contribution in [2.45, 2.75) is 31.4 Å². The number of aliphatic imine (C=N–C) groups is 1. The van der Waals surface area contributed by atoms with Gasteiger partial charge in [0.2, 0.25) is 0 Å². The Kier molecular flexibility index (Phi) is 5.58. The Hall–Kier alpha value is -1.16. The number of ether oxygens (including phenoxy) is 1. The number of hydrogen-bond acceptors (Lipinski definition) is 4. The van der Waals surface area contributed by atoms with E-state index in [1.54, 1.807) is 7.11 Å². The molecule has 1 N–H and O–H groups in total. The lowest BCUT2D eigenvalue weighted by atomic mass is 10.1. The summed E-state index contributed by atoms with van der Waals surface area (Å²) in [6.45, 7) is 4.11. The van der Waals surface area contributed by atoms with E-state index in [1.807, 2.05) is 23.9 Å². The number of hydrogen-bond donors (Lipinski definition) is 1. The number of benzene rings is 1. The van der Waals surface area contributed by atoms with Crippen molar-refractivity contribution >= 4 is 16.9 Å². The van der Waals surface area contributed by atoms with E-state index in [9.17, 15) is 0 Å². The first-order valence-corrected chi connectivity index (χ1v) is 7.78. The highest BCUT2D eigenvalue weighted by Crippen LogP contribution is 2.23. The third-order valence-corrected chi connectivity index (χ3v) is 4.41. The van der Waals surface area contributed by atoms with Gasteiger partial charge in [-0.1, -0.05) is 43.3 Å². The molecule has 0 aliphatic carbocycles. The molecule has 4 heteroatoms. The lowest BCUT2D eigenvalue weighted by Gasteiger charge is -2.10. The average Bonchev–Trinajstić information content (AvgIpc) is 2.87. The zero-order valence-corrected chi connectivity index (χ0v) is 12.5. The monoisotopic (exact) mass is 278 g/mol. The molecule has 1 aliphatic rings. The van der Waals surface area contributed by atoms with Crippen molar-refractivity contribution < 1.29 is 4.74 Å². The molecule has 1 aromatic carbocycles. The number of amidine groups is 1. The first kappa shape index (κ1) is 14.3. The molecule has 104 valence electrons. The number of methoxy groups -OCH3 is 1. The highest BCUT2D eigenvalue weighted by Gasteiger charge is 2.18. The molecule has 1 unspecified atom stereocenters. The van der Waals surface area contributed by atoms with Crippen LogP contribution in [0.1, 0.15) is 25.3 Å². The van der Waals surface area contributed by atoms with Gasteiger partial charge in [-0.25, -0.2) is 0 Å². The zero-order valence-electron chi connectivity index (χ0n) is 11.7. The second kappa shape index (κ2) is 7.43. The zero-order chi connectivity index (χ0) is 13.5. The maximum absolute atomic E-state index is 5.35.